The minimum Gasteiger partial charge on any atom is -0.285 e. The summed E-state index contributed by atoms with van der Waals surface area (Å²) in [6, 6.07) is 35.2. The van der Waals surface area contributed by atoms with Gasteiger partial charge in [-0.3, -0.25) is 4.57 Å². The molecule has 2 nitrogen and oxygen atoms in total. The van der Waals surface area contributed by atoms with Crippen molar-refractivity contribution in [3.8, 4) is 16.3 Å². The van der Waals surface area contributed by atoms with Crippen molar-refractivity contribution in [2.24, 2.45) is 0 Å². The number of para-hydroxylation sites is 2. The molecule has 0 saturated heterocycles. The quantitative estimate of drug-likeness (QED) is 0.236. The molecule has 2 heterocycles. The van der Waals surface area contributed by atoms with Gasteiger partial charge in [0, 0.05) is 21.6 Å². The van der Waals surface area contributed by atoms with E-state index in [0.29, 0.717) is 0 Å². The summed E-state index contributed by atoms with van der Waals surface area (Å²) < 4.78 is 3.62. The monoisotopic (exact) mass is 466 g/mol. The minimum absolute atomic E-state index is 0.0706. The van der Waals surface area contributed by atoms with Crippen molar-refractivity contribution in [2.75, 3.05) is 0 Å². The maximum Gasteiger partial charge on any atom is 0.195 e. The zero-order valence-corrected chi connectivity index (χ0v) is 20.4. The van der Waals surface area contributed by atoms with Crippen LogP contribution in [0.5, 0.6) is 0 Å². The number of nitrogens with zero attached hydrogens (tertiary/aromatic N) is 2. The van der Waals surface area contributed by atoms with E-state index in [-0.39, 0.29) is 5.41 Å². The van der Waals surface area contributed by atoms with Gasteiger partial charge in [-0.1, -0.05) is 104 Å². The lowest BCUT2D eigenvalue weighted by molar-refractivity contribution is 0.666. The number of hydrogen-bond donors (Lipinski definition) is 0. The Morgan fingerprint density at radius 1 is 0.714 bits per heavy atom. The van der Waals surface area contributed by atoms with Crippen LogP contribution in [0.4, 0.5) is 0 Å². The second-order valence-corrected chi connectivity index (χ2v) is 11.0. The van der Waals surface area contributed by atoms with Gasteiger partial charge in [-0.25, -0.2) is 4.98 Å². The third kappa shape index (κ3) is 2.36. The Hall–Kier alpha value is -3.95. The van der Waals surface area contributed by atoms with Crippen molar-refractivity contribution in [3.63, 3.8) is 0 Å². The highest BCUT2D eigenvalue weighted by molar-refractivity contribution is 7.20. The van der Waals surface area contributed by atoms with E-state index < -0.39 is 0 Å². The molecule has 166 valence electrons. The van der Waals surface area contributed by atoms with Crippen LogP contribution in [0.3, 0.4) is 0 Å². The third-order valence-electron chi connectivity index (χ3n) is 7.79. The number of fused-ring (bicyclic) bond motifs is 11. The second-order valence-electron chi connectivity index (χ2n) is 10.0. The third-order valence-corrected chi connectivity index (χ3v) is 8.82. The Morgan fingerprint density at radius 3 is 2.26 bits per heavy atom. The standard InChI is InChI=1S/C32H22N2S/c1-32(2)23-15-7-5-13-21(23)27-28-22-14-6-9-17-25(22)34(31-33-24-16-8-10-18-26(24)35-31)30(28)20-12-4-3-11-19(20)29(27)32/h3-18H,1-2H3. The molecule has 0 atom stereocenters. The van der Waals surface area contributed by atoms with Gasteiger partial charge in [0.1, 0.15) is 0 Å². The number of hydrogen-bond acceptors (Lipinski definition) is 2. The van der Waals surface area contributed by atoms with Gasteiger partial charge < -0.3 is 0 Å². The number of aromatic nitrogens is 2. The molecular formula is C32H22N2S. The Kier molecular flexibility index (Phi) is 3.64. The minimum atomic E-state index is -0.0706. The lowest BCUT2D eigenvalue weighted by Crippen LogP contribution is -2.15. The number of benzene rings is 5. The van der Waals surface area contributed by atoms with Crippen molar-refractivity contribution < 1.29 is 0 Å². The predicted octanol–water partition coefficient (Wildman–Crippen LogP) is 8.85. The fraction of sp³-hybridized carbons (Fsp3) is 0.0938. The largest absolute Gasteiger partial charge is 0.285 e. The Balaban J connectivity index is 1.68. The van der Waals surface area contributed by atoms with Gasteiger partial charge in [0.15, 0.2) is 5.13 Å². The van der Waals surface area contributed by atoms with E-state index in [0.717, 1.165) is 10.6 Å². The average Bonchev–Trinajstić information content (AvgIpc) is 3.53. The summed E-state index contributed by atoms with van der Waals surface area (Å²) in [7, 11) is 0. The Bertz CT molecular complexity index is 1950. The lowest BCUT2D eigenvalue weighted by Gasteiger charge is -2.23. The second kappa shape index (κ2) is 6.59. The SMILES string of the molecule is CC1(C)c2ccccc2-c2c1c1ccccc1c1c2c2ccccc2n1-c1nc2ccccc2s1. The van der Waals surface area contributed by atoms with Crippen LogP contribution in [0.2, 0.25) is 0 Å². The Morgan fingerprint density at radius 2 is 1.40 bits per heavy atom. The molecular weight excluding hydrogens is 444 g/mol. The van der Waals surface area contributed by atoms with Crippen LogP contribution >= 0.6 is 11.3 Å². The molecule has 0 aliphatic heterocycles. The fourth-order valence-corrected chi connectivity index (χ4v) is 7.36. The van der Waals surface area contributed by atoms with Crippen molar-refractivity contribution in [1.82, 2.24) is 9.55 Å². The van der Waals surface area contributed by atoms with Gasteiger partial charge in [-0.2, -0.15) is 0 Å². The van der Waals surface area contributed by atoms with E-state index in [4.69, 9.17) is 4.98 Å². The molecule has 0 N–H and O–H groups in total. The highest BCUT2D eigenvalue weighted by Crippen LogP contribution is 2.56. The fourth-order valence-electron chi connectivity index (χ4n) is 6.37. The number of thiazole rings is 1. The maximum atomic E-state index is 5.11. The molecule has 3 heteroatoms. The summed E-state index contributed by atoms with van der Waals surface area (Å²) >= 11 is 1.76. The topological polar surface area (TPSA) is 17.8 Å². The van der Waals surface area contributed by atoms with Gasteiger partial charge >= 0.3 is 0 Å². The van der Waals surface area contributed by atoms with E-state index in [1.165, 1.54) is 59.5 Å². The first-order valence-electron chi connectivity index (χ1n) is 12.1. The van der Waals surface area contributed by atoms with E-state index in [2.05, 4.69) is 115 Å². The molecule has 0 unspecified atom stereocenters. The Labute approximate surface area is 207 Å². The highest BCUT2D eigenvalue weighted by atomic mass is 32.1. The first-order valence-corrected chi connectivity index (χ1v) is 12.9. The van der Waals surface area contributed by atoms with Crippen LogP contribution in [0.25, 0.3) is 59.1 Å². The van der Waals surface area contributed by atoms with Crippen molar-refractivity contribution in [1.29, 1.82) is 0 Å². The molecule has 8 rings (SSSR count). The first-order chi connectivity index (χ1) is 17.1. The molecule has 5 aromatic carbocycles. The van der Waals surface area contributed by atoms with Gasteiger partial charge in [0.25, 0.3) is 0 Å². The normalized spacial score (nSPS) is 14.2. The molecule has 0 amide bonds. The van der Waals surface area contributed by atoms with Gasteiger partial charge in [-0.05, 0) is 45.8 Å². The summed E-state index contributed by atoms with van der Waals surface area (Å²) in [5.41, 5.74) is 9.03. The summed E-state index contributed by atoms with van der Waals surface area (Å²) in [4.78, 5) is 5.11. The smallest absolute Gasteiger partial charge is 0.195 e. The predicted molar refractivity (Wildman–Crippen MR) is 149 cm³/mol. The van der Waals surface area contributed by atoms with Crippen molar-refractivity contribution in [3.05, 3.63) is 108 Å². The van der Waals surface area contributed by atoms with E-state index in [9.17, 15) is 0 Å². The molecule has 35 heavy (non-hydrogen) atoms. The van der Waals surface area contributed by atoms with Gasteiger partial charge in [-0.15, -0.1) is 0 Å². The molecule has 7 aromatic rings. The zero-order chi connectivity index (χ0) is 23.3. The van der Waals surface area contributed by atoms with Crippen LogP contribution in [-0.2, 0) is 5.41 Å². The zero-order valence-electron chi connectivity index (χ0n) is 19.5. The van der Waals surface area contributed by atoms with Crippen LogP contribution < -0.4 is 0 Å². The van der Waals surface area contributed by atoms with Crippen LogP contribution in [0.1, 0.15) is 25.0 Å². The van der Waals surface area contributed by atoms with E-state index in [1.807, 2.05) is 0 Å². The number of rotatable bonds is 1. The summed E-state index contributed by atoms with van der Waals surface area (Å²) in [5.74, 6) is 0. The van der Waals surface area contributed by atoms with Crippen LogP contribution in [-0.4, -0.2) is 9.55 Å². The lowest BCUT2D eigenvalue weighted by atomic mass is 9.79. The molecule has 2 aromatic heterocycles. The molecule has 0 bridgehead atoms. The molecule has 1 aliphatic rings. The molecule has 0 fully saturated rings. The van der Waals surface area contributed by atoms with Crippen molar-refractivity contribution in [2.45, 2.75) is 19.3 Å². The van der Waals surface area contributed by atoms with Crippen LogP contribution in [0.15, 0.2) is 97.1 Å². The molecule has 0 saturated carbocycles. The highest BCUT2D eigenvalue weighted by Gasteiger charge is 2.39. The van der Waals surface area contributed by atoms with Gasteiger partial charge in [0.2, 0.25) is 0 Å². The average molecular weight is 467 g/mol. The summed E-state index contributed by atoms with van der Waals surface area (Å²) in [6.07, 6.45) is 0. The van der Waals surface area contributed by atoms with E-state index >= 15 is 0 Å². The maximum absolute atomic E-state index is 5.11. The van der Waals surface area contributed by atoms with E-state index in [1.54, 1.807) is 11.3 Å². The molecule has 0 spiro atoms. The summed E-state index contributed by atoms with van der Waals surface area (Å²) in [6.45, 7) is 4.76. The van der Waals surface area contributed by atoms with Gasteiger partial charge in [0.05, 0.1) is 21.3 Å². The summed E-state index contributed by atoms with van der Waals surface area (Å²) in [5, 5.41) is 6.27. The first kappa shape index (κ1) is 19.4. The van der Waals surface area contributed by atoms with Crippen LogP contribution in [0, 0.1) is 0 Å². The molecule has 0 radical (unpaired) electrons. The van der Waals surface area contributed by atoms with Crippen molar-refractivity contribution >= 4 is 54.1 Å². The molecule has 1 aliphatic carbocycles.